The van der Waals surface area contributed by atoms with Crippen molar-refractivity contribution in [3.05, 3.63) is 131 Å². The fourth-order valence-electron chi connectivity index (χ4n) is 11.0. The lowest BCUT2D eigenvalue weighted by atomic mass is 9.89. The minimum absolute atomic E-state index is 0. The van der Waals surface area contributed by atoms with Crippen molar-refractivity contribution in [2.24, 2.45) is 5.73 Å². The highest BCUT2D eigenvalue weighted by Gasteiger charge is 2.38. The molecule has 5 aliphatic heterocycles. The molecule has 1 fully saturated rings. The highest BCUT2D eigenvalue weighted by atomic mass is 16.7. The minimum Gasteiger partial charge on any atom is -0.496 e. The Labute approximate surface area is 512 Å². The number of carbonyl (C=O) groups is 12. The number of benzene rings is 6. The molecule has 1 saturated heterocycles. The fourth-order valence-corrected chi connectivity index (χ4v) is 11.0. The topological polar surface area (TPSA) is 293 Å². The second kappa shape index (κ2) is 28.6. The summed E-state index contributed by atoms with van der Waals surface area (Å²) in [5, 5.41) is 9.60. The summed E-state index contributed by atoms with van der Waals surface area (Å²) in [6, 6.07) is 26.3. The number of nitrogens with two attached hydrogens (primary N) is 1. The number of amides is 11. The van der Waals surface area contributed by atoms with Gasteiger partial charge in [-0.1, -0.05) is 56.0 Å². The summed E-state index contributed by atoms with van der Waals surface area (Å²) in [7, 11) is 6.95. The summed E-state index contributed by atoms with van der Waals surface area (Å²) in [5.74, 6) is -3.50. The molecule has 0 bridgehead atoms. The number of likely N-dealkylation sites (N-methyl/N-ethyl adjacent to an activating group) is 2. The van der Waals surface area contributed by atoms with E-state index in [2.05, 4.69) is 10.2 Å². The van der Waals surface area contributed by atoms with Crippen molar-refractivity contribution in [1.29, 1.82) is 0 Å². The Kier molecular flexibility index (Phi) is 20.9. The van der Waals surface area contributed by atoms with Gasteiger partial charge in [0.05, 0.1) is 25.3 Å². The van der Waals surface area contributed by atoms with Crippen LogP contribution in [-0.4, -0.2) is 199 Å². The predicted octanol–water partition coefficient (Wildman–Crippen LogP) is 4.77. The second-order valence-corrected chi connectivity index (χ2v) is 21.3. The smallest absolute Gasteiger partial charge is 0.333 e. The van der Waals surface area contributed by atoms with Crippen LogP contribution in [0.15, 0.2) is 109 Å². The van der Waals surface area contributed by atoms with Gasteiger partial charge in [0.15, 0.2) is 0 Å². The van der Waals surface area contributed by atoms with Crippen LogP contribution in [0.4, 0.5) is 0 Å². The van der Waals surface area contributed by atoms with E-state index in [1.807, 2.05) is 84.6 Å². The summed E-state index contributed by atoms with van der Waals surface area (Å²) in [4.78, 5) is 159. The number of hydrogen-bond acceptors (Lipinski definition) is 18. The molecule has 0 atom stereocenters. The number of rotatable bonds is 22. The van der Waals surface area contributed by atoms with E-state index in [4.69, 9.17) is 15.2 Å². The summed E-state index contributed by atoms with van der Waals surface area (Å²) in [6.45, 7) is 3.96. The van der Waals surface area contributed by atoms with Crippen molar-refractivity contribution >= 4 is 114 Å². The molecule has 0 aromatic heterocycles. The first-order valence-electron chi connectivity index (χ1n) is 28.6. The summed E-state index contributed by atoms with van der Waals surface area (Å²) in [5.41, 5.74) is 7.68. The van der Waals surface area contributed by atoms with Crippen molar-refractivity contribution in [2.75, 3.05) is 93.8 Å². The number of nitrogens with zero attached hydrogens (tertiary/aromatic N) is 7. The zero-order valence-electron chi connectivity index (χ0n) is 49.0. The van der Waals surface area contributed by atoms with Gasteiger partial charge in [-0.05, 0) is 84.9 Å². The van der Waals surface area contributed by atoms with Crippen molar-refractivity contribution < 1.29 is 71.8 Å². The summed E-state index contributed by atoms with van der Waals surface area (Å²) in [6.07, 6.45) is 5.51. The van der Waals surface area contributed by atoms with Crippen LogP contribution in [0.3, 0.4) is 0 Å². The molecule has 11 amide bonds. The van der Waals surface area contributed by atoms with Gasteiger partial charge in [0.1, 0.15) is 11.5 Å². The second-order valence-electron chi connectivity index (χ2n) is 21.3. The van der Waals surface area contributed by atoms with Gasteiger partial charge in [-0.15, -0.1) is 5.06 Å². The maximum absolute atomic E-state index is 13.7. The standard InChI is InChI=1S/C30H30N4O6.C22H23N3O3.C12H12N2O6.CH4/c1-32(15-13-31-24(35)8-5-14-33-25(36)11-12-26(33)37)16-17-34-29(38)21-9-10-23(40-2)22-18-19-6-3-4-7-20(19)28(27(21)22)30(34)39;1-24(10-9-23)11-12-25-21(26)16-7-8-18(28-2)17-13-14-5-3-4-6-15(14)20(19(16)17)22(25)27;15-8-3-4-9(16)13(8)7-1-2-12(19)20-14-10(17)5-6-11(14)18;/h3-4,6-7,9-12,18H,5,8,13-17H2,1-2H3,(H,31,35);3-8,13H,9-12,23H2,1-2H3;3-4H,1-2,5-7H2;1H4. The van der Waals surface area contributed by atoms with Gasteiger partial charge in [0, 0.05) is 148 Å². The van der Waals surface area contributed by atoms with Crippen LogP contribution in [0.2, 0.25) is 0 Å². The number of fused-ring (bicyclic) bond motifs is 4. The first-order valence-corrected chi connectivity index (χ1v) is 28.6. The molecule has 464 valence electrons. The molecule has 89 heavy (non-hydrogen) atoms. The Morgan fingerprint density at radius 1 is 0.517 bits per heavy atom. The number of ether oxygens (including phenoxy) is 2. The molecule has 3 N–H and O–H groups in total. The average molecular weight is 1220 g/mol. The van der Waals surface area contributed by atoms with E-state index in [9.17, 15) is 57.5 Å². The van der Waals surface area contributed by atoms with E-state index in [0.29, 0.717) is 102 Å². The Hall–Kier alpha value is -10.0. The van der Waals surface area contributed by atoms with Crippen LogP contribution in [-0.2, 0) is 43.2 Å². The van der Waals surface area contributed by atoms with Crippen molar-refractivity contribution in [1.82, 2.24) is 39.8 Å². The lowest BCUT2D eigenvalue weighted by molar-refractivity contribution is -0.197. The lowest BCUT2D eigenvalue weighted by Crippen LogP contribution is -2.45. The number of carbonyl (C=O) groups excluding carboxylic acids is 12. The third-order valence-electron chi connectivity index (χ3n) is 15.6. The first kappa shape index (κ1) is 64.9. The number of imide groups is 5. The van der Waals surface area contributed by atoms with E-state index in [1.54, 1.807) is 38.5 Å². The van der Waals surface area contributed by atoms with E-state index in [-0.39, 0.29) is 101 Å². The largest absolute Gasteiger partial charge is 0.496 e. The van der Waals surface area contributed by atoms with E-state index in [1.165, 1.54) is 22.0 Å². The number of nitrogens with one attached hydrogen (secondary N) is 1. The first-order chi connectivity index (χ1) is 42.3. The molecular weight excluding hydrogens is 1150 g/mol. The van der Waals surface area contributed by atoms with E-state index >= 15 is 0 Å². The minimum atomic E-state index is -0.749. The van der Waals surface area contributed by atoms with Crippen LogP contribution in [0.25, 0.3) is 43.1 Å². The number of hydrogen-bond donors (Lipinski definition) is 2. The third-order valence-corrected chi connectivity index (χ3v) is 15.6. The molecule has 0 aliphatic carbocycles. The lowest BCUT2D eigenvalue weighted by Gasteiger charge is -2.30. The molecule has 24 nitrogen and oxygen atoms in total. The fraction of sp³-hybridized carbons (Fsp3) is 0.323. The molecule has 0 unspecified atom stereocenters. The molecule has 0 radical (unpaired) electrons. The zero-order valence-corrected chi connectivity index (χ0v) is 49.0. The van der Waals surface area contributed by atoms with E-state index in [0.717, 1.165) is 54.3 Å². The van der Waals surface area contributed by atoms with Crippen LogP contribution in [0.5, 0.6) is 11.5 Å². The van der Waals surface area contributed by atoms with Crippen LogP contribution in [0.1, 0.15) is 87.4 Å². The van der Waals surface area contributed by atoms with E-state index < -0.39 is 29.6 Å². The Morgan fingerprint density at radius 2 is 0.944 bits per heavy atom. The average Bonchev–Trinajstić information content (AvgIpc) is 1.25. The molecule has 0 spiro atoms. The highest BCUT2D eigenvalue weighted by Crippen LogP contribution is 2.41. The van der Waals surface area contributed by atoms with Gasteiger partial charge in [0.25, 0.3) is 59.1 Å². The predicted molar refractivity (Wildman–Crippen MR) is 328 cm³/mol. The molecule has 24 heteroatoms. The van der Waals surface area contributed by atoms with Gasteiger partial charge in [-0.25, -0.2) is 4.79 Å². The molecule has 5 heterocycles. The third kappa shape index (κ3) is 13.9. The van der Waals surface area contributed by atoms with Gasteiger partial charge >= 0.3 is 5.97 Å². The Balaban J connectivity index is 0.000000182. The maximum Gasteiger partial charge on any atom is 0.333 e. The monoisotopic (exact) mass is 1220 g/mol. The molecule has 6 aromatic carbocycles. The van der Waals surface area contributed by atoms with Crippen LogP contribution in [0, 0.1) is 0 Å². The number of methoxy groups -OCH3 is 2. The van der Waals surface area contributed by atoms with Crippen molar-refractivity contribution in [2.45, 2.75) is 46.0 Å². The molecular formula is C65H69N9O15. The Bertz CT molecular complexity index is 3900. The van der Waals surface area contributed by atoms with Crippen LogP contribution >= 0.6 is 0 Å². The van der Waals surface area contributed by atoms with Crippen molar-refractivity contribution in [3.63, 3.8) is 0 Å². The quantitative estimate of drug-likeness (QED) is 0.0683. The molecule has 6 aromatic rings. The zero-order chi connectivity index (χ0) is 62.9. The van der Waals surface area contributed by atoms with Gasteiger partial charge in [0.2, 0.25) is 5.91 Å². The molecule has 5 aliphatic rings. The van der Waals surface area contributed by atoms with Crippen LogP contribution < -0.4 is 20.5 Å². The maximum atomic E-state index is 13.7. The summed E-state index contributed by atoms with van der Waals surface area (Å²) < 4.78 is 11.0. The molecule has 11 rings (SSSR count). The normalized spacial score (nSPS) is 15.1. The highest BCUT2D eigenvalue weighted by molar-refractivity contribution is 6.32. The SMILES string of the molecule is C.COc1ccc2c3c(c4ccccc4cc13)C(=O)N(CCN(C)CCN)C2=O.COc1ccc2c3c(c4ccccc4cc13)C(=O)N(CCN(C)CCNC(=O)CCCN1C(=O)C=CC1=O)C2=O.O=C(CCCN1C(=O)C=CC1=O)ON1C(=O)CCC1=O. The Morgan fingerprint density at radius 3 is 1.38 bits per heavy atom. The van der Waals surface area contributed by atoms with Crippen molar-refractivity contribution in [3.8, 4) is 11.5 Å². The summed E-state index contributed by atoms with van der Waals surface area (Å²) >= 11 is 0. The number of hydroxylamine groups is 2. The van der Waals surface area contributed by atoms with Gasteiger partial charge in [-0.2, -0.15) is 0 Å². The molecule has 0 saturated carbocycles. The van der Waals surface area contributed by atoms with Gasteiger partial charge < -0.3 is 35.2 Å². The van der Waals surface area contributed by atoms with Gasteiger partial charge in [-0.3, -0.25) is 72.3 Å².